The summed E-state index contributed by atoms with van der Waals surface area (Å²) in [5, 5.41) is 9.62. The smallest absolute Gasteiger partial charge is 0.272 e. The van der Waals surface area contributed by atoms with E-state index in [-0.39, 0.29) is 12.0 Å². The summed E-state index contributed by atoms with van der Waals surface area (Å²) >= 11 is 3.35. The highest BCUT2D eigenvalue weighted by Crippen LogP contribution is 2.18. The molecule has 5 nitrogen and oxygen atoms in total. The first-order chi connectivity index (χ1) is 10.5. The maximum Gasteiger partial charge on any atom is 0.272 e. The first-order valence-corrected chi connectivity index (χ1v) is 8.01. The van der Waals surface area contributed by atoms with Crippen LogP contribution in [0.3, 0.4) is 0 Å². The predicted molar refractivity (Wildman–Crippen MR) is 89.3 cm³/mol. The molecule has 22 heavy (non-hydrogen) atoms. The van der Waals surface area contributed by atoms with Gasteiger partial charge in [-0.05, 0) is 60.8 Å². The van der Waals surface area contributed by atoms with E-state index in [2.05, 4.69) is 31.4 Å². The second-order valence-electron chi connectivity index (χ2n) is 5.33. The SMILES string of the molecule is Cc1[nH]nc(C(=O)NCCc2ccc(OC(C)C)cc2)c1Br. The summed E-state index contributed by atoms with van der Waals surface area (Å²) in [7, 11) is 0. The summed E-state index contributed by atoms with van der Waals surface area (Å²) in [6.07, 6.45) is 0.926. The number of carbonyl (C=O) groups excluding carboxylic acids is 1. The van der Waals surface area contributed by atoms with E-state index in [1.54, 1.807) is 0 Å². The molecule has 1 heterocycles. The maximum absolute atomic E-state index is 12.0. The highest BCUT2D eigenvalue weighted by atomic mass is 79.9. The third kappa shape index (κ3) is 4.34. The number of aryl methyl sites for hydroxylation is 1. The van der Waals surface area contributed by atoms with Gasteiger partial charge in [-0.1, -0.05) is 12.1 Å². The van der Waals surface area contributed by atoms with Crippen LogP contribution in [0.15, 0.2) is 28.7 Å². The van der Waals surface area contributed by atoms with Gasteiger partial charge < -0.3 is 10.1 Å². The molecule has 0 bridgehead atoms. The molecule has 1 aromatic heterocycles. The van der Waals surface area contributed by atoms with Gasteiger partial charge in [0.15, 0.2) is 5.69 Å². The fraction of sp³-hybridized carbons (Fsp3) is 0.375. The number of rotatable bonds is 6. The lowest BCUT2D eigenvalue weighted by molar-refractivity contribution is 0.0948. The molecule has 0 atom stereocenters. The maximum atomic E-state index is 12.0. The Morgan fingerprint density at radius 3 is 2.59 bits per heavy atom. The third-order valence-electron chi connectivity index (χ3n) is 3.08. The van der Waals surface area contributed by atoms with E-state index in [1.165, 1.54) is 0 Å². The molecular formula is C16H20BrN3O2. The van der Waals surface area contributed by atoms with Crippen molar-refractivity contribution in [1.82, 2.24) is 15.5 Å². The number of amides is 1. The Morgan fingerprint density at radius 1 is 1.36 bits per heavy atom. The van der Waals surface area contributed by atoms with Crippen molar-refractivity contribution in [2.24, 2.45) is 0 Å². The molecule has 2 aromatic rings. The van der Waals surface area contributed by atoms with E-state index in [0.29, 0.717) is 16.7 Å². The zero-order valence-corrected chi connectivity index (χ0v) is 14.5. The van der Waals surface area contributed by atoms with E-state index < -0.39 is 0 Å². The topological polar surface area (TPSA) is 67.0 Å². The van der Waals surface area contributed by atoms with Crippen LogP contribution in [0.25, 0.3) is 0 Å². The number of nitrogens with zero attached hydrogens (tertiary/aromatic N) is 1. The van der Waals surface area contributed by atoms with Crippen molar-refractivity contribution in [1.29, 1.82) is 0 Å². The normalized spacial score (nSPS) is 10.8. The standard InChI is InChI=1S/C16H20BrN3O2/c1-10(2)22-13-6-4-12(5-7-13)8-9-18-16(21)15-14(17)11(3)19-20-15/h4-7,10H,8-9H2,1-3H3,(H,18,21)(H,19,20). The van der Waals surface area contributed by atoms with Crippen LogP contribution in [0.4, 0.5) is 0 Å². The number of aromatic amines is 1. The minimum Gasteiger partial charge on any atom is -0.491 e. The number of ether oxygens (including phenoxy) is 1. The summed E-state index contributed by atoms with van der Waals surface area (Å²) in [5.74, 6) is 0.676. The lowest BCUT2D eigenvalue weighted by Crippen LogP contribution is -2.26. The van der Waals surface area contributed by atoms with Crippen molar-refractivity contribution in [3.05, 3.63) is 45.7 Å². The quantitative estimate of drug-likeness (QED) is 0.825. The van der Waals surface area contributed by atoms with Crippen molar-refractivity contribution in [3.8, 4) is 5.75 Å². The van der Waals surface area contributed by atoms with Crippen molar-refractivity contribution >= 4 is 21.8 Å². The molecule has 1 aromatic carbocycles. The number of carbonyl (C=O) groups is 1. The van der Waals surface area contributed by atoms with Gasteiger partial charge in [0.05, 0.1) is 10.6 Å². The number of aromatic nitrogens is 2. The molecule has 0 saturated carbocycles. The zero-order valence-electron chi connectivity index (χ0n) is 12.9. The monoisotopic (exact) mass is 365 g/mol. The molecule has 0 saturated heterocycles. The first-order valence-electron chi connectivity index (χ1n) is 7.21. The van der Waals surface area contributed by atoms with E-state index in [0.717, 1.165) is 23.4 Å². The van der Waals surface area contributed by atoms with Crippen LogP contribution >= 0.6 is 15.9 Å². The minimum absolute atomic E-state index is 0.167. The Bertz CT molecular complexity index is 635. The molecular weight excluding hydrogens is 346 g/mol. The molecule has 0 spiro atoms. The molecule has 0 aliphatic rings. The molecule has 2 N–H and O–H groups in total. The van der Waals surface area contributed by atoms with Crippen molar-refractivity contribution in [3.63, 3.8) is 0 Å². The van der Waals surface area contributed by atoms with Crippen LogP contribution in [-0.2, 0) is 6.42 Å². The number of benzene rings is 1. The molecule has 6 heteroatoms. The summed E-state index contributed by atoms with van der Waals surface area (Å²) < 4.78 is 6.31. The van der Waals surface area contributed by atoms with Crippen LogP contribution in [-0.4, -0.2) is 28.8 Å². The first kappa shape index (κ1) is 16.5. The second kappa shape index (κ2) is 7.45. The highest BCUT2D eigenvalue weighted by Gasteiger charge is 2.14. The molecule has 1 amide bonds. The van der Waals surface area contributed by atoms with Crippen LogP contribution in [0.1, 0.15) is 35.6 Å². The number of hydrogen-bond acceptors (Lipinski definition) is 3. The Hall–Kier alpha value is -1.82. The molecule has 118 valence electrons. The molecule has 0 fully saturated rings. The fourth-order valence-corrected chi connectivity index (χ4v) is 2.33. The summed E-state index contributed by atoms with van der Waals surface area (Å²) in [6, 6.07) is 7.92. The van der Waals surface area contributed by atoms with Crippen LogP contribution in [0.2, 0.25) is 0 Å². The van der Waals surface area contributed by atoms with Crippen molar-refractivity contribution < 1.29 is 9.53 Å². The van der Waals surface area contributed by atoms with Gasteiger partial charge >= 0.3 is 0 Å². The third-order valence-corrected chi connectivity index (χ3v) is 4.05. The Labute approximate surface area is 138 Å². The van der Waals surface area contributed by atoms with E-state index in [9.17, 15) is 4.79 Å². The molecule has 2 rings (SSSR count). The van der Waals surface area contributed by atoms with E-state index in [1.807, 2.05) is 45.0 Å². The highest BCUT2D eigenvalue weighted by molar-refractivity contribution is 9.10. The average molecular weight is 366 g/mol. The van der Waals surface area contributed by atoms with Gasteiger partial charge in [0.2, 0.25) is 0 Å². The number of nitrogens with one attached hydrogen (secondary N) is 2. The van der Waals surface area contributed by atoms with E-state index >= 15 is 0 Å². The van der Waals surface area contributed by atoms with Crippen molar-refractivity contribution in [2.45, 2.75) is 33.3 Å². The lowest BCUT2D eigenvalue weighted by atomic mass is 10.1. The van der Waals surface area contributed by atoms with Gasteiger partial charge in [-0.15, -0.1) is 0 Å². The Kier molecular flexibility index (Phi) is 5.60. The summed E-state index contributed by atoms with van der Waals surface area (Å²) in [4.78, 5) is 12.0. The fourth-order valence-electron chi connectivity index (χ4n) is 1.98. The predicted octanol–water partition coefficient (Wildman–Crippen LogP) is 3.24. The average Bonchev–Trinajstić information content (AvgIpc) is 2.80. The second-order valence-corrected chi connectivity index (χ2v) is 6.12. The Balaban J connectivity index is 1.83. The van der Waals surface area contributed by atoms with Crippen LogP contribution < -0.4 is 10.1 Å². The molecule has 0 aliphatic heterocycles. The van der Waals surface area contributed by atoms with Crippen molar-refractivity contribution in [2.75, 3.05) is 6.54 Å². The van der Waals surface area contributed by atoms with Gasteiger partial charge in [0, 0.05) is 12.2 Å². The lowest BCUT2D eigenvalue weighted by Gasteiger charge is -2.10. The molecule has 0 aliphatic carbocycles. The molecule has 0 unspecified atom stereocenters. The summed E-state index contributed by atoms with van der Waals surface area (Å²) in [5.41, 5.74) is 2.37. The van der Waals surface area contributed by atoms with Gasteiger partial charge in [-0.3, -0.25) is 9.89 Å². The largest absolute Gasteiger partial charge is 0.491 e. The van der Waals surface area contributed by atoms with Gasteiger partial charge in [0.1, 0.15) is 5.75 Å². The zero-order chi connectivity index (χ0) is 16.1. The van der Waals surface area contributed by atoms with Gasteiger partial charge in [-0.2, -0.15) is 5.10 Å². The number of hydrogen-bond donors (Lipinski definition) is 2. The van der Waals surface area contributed by atoms with Gasteiger partial charge in [0.25, 0.3) is 5.91 Å². The van der Waals surface area contributed by atoms with E-state index in [4.69, 9.17) is 4.74 Å². The minimum atomic E-state index is -0.184. The van der Waals surface area contributed by atoms with Crippen LogP contribution in [0, 0.1) is 6.92 Å². The Morgan fingerprint density at radius 2 is 2.05 bits per heavy atom. The van der Waals surface area contributed by atoms with Gasteiger partial charge in [-0.25, -0.2) is 0 Å². The number of halogens is 1. The molecule has 0 radical (unpaired) electrons. The van der Waals surface area contributed by atoms with Crippen LogP contribution in [0.5, 0.6) is 5.75 Å². The number of H-pyrrole nitrogens is 1. The summed E-state index contributed by atoms with van der Waals surface area (Å²) in [6.45, 7) is 6.41.